The molecule has 0 saturated carbocycles. The summed E-state index contributed by atoms with van der Waals surface area (Å²) in [6.45, 7) is 3.08. The van der Waals surface area contributed by atoms with Gasteiger partial charge in [0.2, 0.25) is 18.6 Å². The van der Waals surface area contributed by atoms with E-state index in [9.17, 15) is 9.59 Å². The number of likely N-dealkylation sites (tertiary alicyclic amines) is 1. The molecule has 2 heterocycles. The Morgan fingerprint density at radius 2 is 1.96 bits per heavy atom. The van der Waals surface area contributed by atoms with E-state index in [1.807, 2.05) is 55.5 Å². The predicted molar refractivity (Wildman–Crippen MR) is 99.1 cm³/mol. The van der Waals surface area contributed by atoms with Crippen LogP contribution in [-0.4, -0.2) is 30.1 Å². The van der Waals surface area contributed by atoms with Crippen LogP contribution >= 0.6 is 0 Å². The van der Waals surface area contributed by atoms with Gasteiger partial charge in [-0.2, -0.15) is 0 Å². The summed E-state index contributed by atoms with van der Waals surface area (Å²) in [7, 11) is 0. The lowest BCUT2D eigenvalue weighted by Gasteiger charge is -2.19. The molecule has 2 aliphatic rings. The summed E-state index contributed by atoms with van der Waals surface area (Å²) >= 11 is 0. The van der Waals surface area contributed by atoms with Gasteiger partial charge in [0.15, 0.2) is 11.5 Å². The summed E-state index contributed by atoms with van der Waals surface area (Å²) in [4.78, 5) is 26.7. The van der Waals surface area contributed by atoms with Crippen LogP contribution in [0.2, 0.25) is 0 Å². The van der Waals surface area contributed by atoms with E-state index < -0.39 is 0 Å². The molecule has 2 aliphatic heterocycles. The van der Waals surface area contributed by atoms with Crippen molar-refractivity contribution in [1.82, 2.24) is 10.2 Å². The van der Waals surface area contributed by atoms with E-state index in [1.165, 1.54) is 0 Å². The maximum absolute atomic E-state index is 12.6. The fourth-order valence-corrected chi connectivity index (χ4v) is 3.52. The Labute approximate surface area is 158 Å². The lowest BCUT2D eigenvalue weighted by molar-refractivity contribution is -0.129. The minimum atomic E-state index is -0.322. The molecule has 140 valence electrons. The normalized spacial score (nSPS) is 19.2. The maximum Gasteiger partial charge on any atom is 0.231 e. The monoisotopic (exact) mass is 366 g/mol. The van der Waals surface area contributed by atoms with Gasteiger partial charge in [-0.05, 0) is 30.2 Å². The standard InChI is InChI=1S/C21H22N2O4/c1-14(16-5-3-2-4-6-16)22-21(25)17-10-20(24)23(12-17)11-15-7-8-18-19(9-15)27-13-26-18/h2-9,14,17H,10-13H2,1H3,(H,22,25). The van der Waals surface area contributed by atoms with E-state index >= 15 is 0 Å². The van der Waals surface area contributed by atoms with Gasteiger partial charge in [-0.25, -0.2) is 0 Å². The second-order valence-corrected chi connectivity index (χ2v) is 7.00. The summed E-state index contributed by atoms with van der Waals surface area (Å²) in [5, 5.41) is 3.02. The molecule has 0 spiro atoms. The molecule has 0 aliphatic carbocycles. The first kappa shape index (κ1) is 17.4. The van der Waals surface area contributed by atoms with Crippen molar-refractivity contribution in [2.75, 3.05) is 13.3 Å². The van der Waals surface area contributed by atoms with Crippen molar-refractivity contribution < 1.29 is 19.1 Å². The minimum Gasteiger partial charge on any atom is -0.454 e. The maximum atomic E-state index is 12.6. The number of nitrogens with one attached hydrogen (secondary N) is 1. The summed E-state index contributed by atoms with van der Waals surface area (Å²) < 4.78 is 10.7. The molecular weight excluding hydrogens is 344 g/mol. The first-order valence-electron chi connectivity index (χ1n) is 9.12. The number of carbonyl (C=O) groups is 2. The molecule has 1 saturated heterocycles. The van der Waals surface area contributed by atoms with E-state index in [1.54, 1.807) is 4.90 Å². The summed E-state index contributed by atoms with van der Waals surface area (Å²) in [6, 6.07) is 15.4. The van der Waals surface area contributed by atoms with Crippen LogP contribution in [0.25, 0.3) is 0 Å². The number of benzene rings is 2. The number of ether oxygens (including phenoxy) is 2. The second kappa shape index (κ2) is 7.31. The molecule has 2 atom stereocenters. The summed E-state index contributed by atoms with van der Waals surface area (Å²) in [5.74, 6) is 1.02. The highest BCUT2D eigenvalue weighted by Gasteiger charge is 2.34. The molecule has 4 rings (SSSR count). The van der Waals surface area contributed by atoms with Crippen LogP contribution < -0.4 is 14.8 Å². The third kappa shape index (κ3) is 3.74. The summed E-state index contributed by atoms with van der Waals surface area (Å²) in [5.41, 5.74) is 2.01. The third-order valence-corrected chi connectivity index (χ3v) is 5.05. The average molecular weight is 366 g/mol. The highest BCUT2D eigenvalue weighted by molar-refractivity contribution is 5.89. The SMILES string of the molecule is CC(NC(=O)C1CC(=O)N(Cc2ccc3c(c2)OCO3)C1)c1ccccc1. The van der Waals surface area contributed by atoms with Gasteiger partial charge in [-0.3, -0.25) is 9.59 Å². The number of rotatable bonds is 5. The van der Waals surface area contributed by atoms with Crippen molar-refractivity contribution in [2.45, 2.75) is 25.9 Å². The van der Waals surface area contributed by atoms with Crippen LogP contribution in [0.5, 0.6) is 11.5 Å². The first-order chi connectivity index (χ1) is 13.1. The first-order valence-corrected chi connectivity index (χ1v) is 9.12. The number of hydrogen-bond donors (Lipinski definition) is 1. The molecule has 2 amide bonds. The summed E-state index contributed by atoms with van der Waals surface area (Å²) in [6.07, 6.45) is 0.248. The average Bonchev–Trinajstić information content (AvgIpc) is 3.29. The molecule has 6 heteroatoms. The number of nitrogens with zero attached hydrogens (tertiary/aromatic N) is 1. The lowest BCUT2D eigenvalue weighted by atomic mass is 10.1. The Morgan fingerprint density at radius 1 is 1.19 bits per heavy atom. The van der Waals surface area contributed by atoms with E-state index in [-0.39, 0.29) is 37.0 Å². The highest BCUT2D eigenvalue weighted by atomic mass is 16.7. The van der Waals surface area contributed by atoms with Gasteiger partial charge in [0.05, 0.1) is 12.0 Å². The Hall–Kier alpha value is -3.02. The van der Waals surface area contributed by atoms with Gasteiger partial charge in [-0.15, -0.1) is 0 Å². The van der Waals surface area contributed by atoms with Crippen molar-refractivity contribution in [1.29, 1.82) is 0 Å². The largest absolute Gasteiger partial charge is 0.454 e. The number of fused-ring (bicyclic) bond motifs is 1. The fourth-order valence-electron chi connectivity index (χ4n) is 3.52. The fraction of sp³-hybridized carbons (Fsp3) is 0.333. The number of amides is 2. The molecule has 2 aromatic rings. The van der Waals surface area contributed by atoms with E-state index in [0.29, 0.717) is 18.8 Å². The zero-order valence-electron chi connectivity index (χ0n) is 15.2. The van der Waals surface area contributed by atoms with Gasteiger partial charge in [0.25, 0.3) is 0 Å². The molecule has 2 unspecified atom stereocenters. The Balaban J connectivity index is 1.36. The van der Waals surface area contributed by atoms with Crippen molar-refractivity contribution in [3.8, 4) is 11.5 Å². The molecular formula is C21H22N2O4. The van der Waals surface area contributed by atoms with E-state index in [4.69, 9.17) is 9.47 Å². The molecule has 1 fully saturated rings. The number of hydrogen-bond acceptors (Lipinski definition) is 4. The number of carbonyl (C=O) groups excluding carboxylic acids is 2. The van der Waals surface area contributed by atoms with Gasteiger partial charge < -0.3 is 19.7 Å². The van der Waals surface area contributed by atoms with Crippen LogP contribution in [0.4, 0.5) is 0 Å². The molecule has 1 N–H and O–H groups in total. The van der Waals surface area contributed by atoms with Crippen LogP contribution in [0.15, 0.2) is 48.5 Å². The van der Waals surface area contributed by atoms with Crippen LogP contribution in [-0.2, 0) is 16.1 Å². The molecule has 27 heavy (non-hydrogen) atoms. The second-order valence-electron chi connectivity index (χ2n) is 7.00. The minimum absolute atomic E-state index is 0.000168. The molecule has 2 aromatic carbocycles. The smallest absolute Gasteiger partial charge is 0.231 e. The molecule has 0 bridgehead atoms. The Morgan fingerprint density at radius 3 is 2.78 bits per heavy atom. The molecule has 0 radical (unpaired) electrons. The van der Waals surface area contributed by atoms with Gasteiger partial charge >= 0.3 is 0 Å². The topological polar surface area (TPSA) is 67.9 Å². The van der Waals surface area contributed by atoms with Crippen molar-refractivity contribution in [2.24, 2.45) is 5.92 Å². The van der Waals surface area contributed by atoms with Crippen molar-refractivity contribution in [3.63, 3.8) is 0 Å². The molecule has 6 nitrogen and oxygen atoms in total. The van der Waals surface area contributed by atoms with Crippen molar-refractivity contribution in [3.05, 3.63) is 59.7 Å². The molecule has 0 aromatic heterocycles. The van der Waals surface area contributed by atoms with Gasteiger partial charge in [0.1, 0.15) is 0 Å². The Kier molecular flexibility index (Phi) is 4.71. The van der Waals surface area contributed by atoms with Crippen molar-refractivity contribution >= 4 is 11.8 Å². The van der Waals surface area contributed by atoms with E-state index in [2.05, 4.69) is 5.32 Å². The van der Waals surface area contributed by atoms with Crippen LogP contribution in [0, 0.1) is 5.92 Å². The lowest BCUT2D eigenvalue weighted by Crippen LogP contribution is -2.34. The zero-order chi connectivity index (χ0) is 18.8. The Bertz CT molecular complexity index is 853. The van der Waals surface area contributed by atoms with Gasteiger partial charge in [0, 0.05) is 19.5 Å². The quantitative estimate of drug-likeness (QED) is 0.883. The van der Waals surface area contributed by atoms with Crippen LogP contribution in [0.3, 0.4) is 0 Å². The highest BCUT2D eigenvalue weighted by Crippen LogP contribution is 2.33. The predicted octanol–water partition coefficient (Wildman–Crippen LogP) is 2.64. The zero-order valence-corrected chi connectivity index (χ0v) is 15.2. The third-order valence-electron chi connectivity index (χ3n) is 5.05. The van der Waals surface area contributed by atoms with Gasteiger partial charge in [-0.1, -0.05) is 36.4 Å². The van der Waals surface area contributed by atoms with Crippen LogP contribution in [0.1, 0.15) is 30.5 Å². The van der Waals surface area contributed by atoms with E-state index in [0.717, 1.165) is 16.9 Å².